The summed E-state index contributed by atoms with van der Waals surface area (Å²) < 4.78 is 0. The molecule has 0 aliphatic carbocycles. The molecule has 1 amide bonds. The number of amides is 1. The van der Waals surface area contributed by atoms with E-state index in [2.05, 4.69) is 13.0 Å². The van der Waals surface area contributed by atoms with E-state index in [1.54, 1.807) is 0 Å². The summed E-state index contributed by atoms with van der Waals surface area (Å²) in [7, 11) is 0. The number of likely N-dealkylation sites (tertiary alicyclic amines) is 1. The Balaban J connectivity index is 2.84. The summed E-state index contributed by atoms with van der Waals surface area (Å²) in [6, 6.07) is 2.34. The molecule has 1 aliphatic heterocycles. The number of carbonyl (C=O) groups excluding carboxylic acids is 1. The molecule has 0 aromatic heterocycles. The van der Waals surface area contributed by atoms with Crippen molar-refractivity contribution in [3.8, 4) is 6.07 Å². The van der Waals surface area contributed by atoms with Crippen LogP contribution in [-0.4, -0.2) is 23.9 Å². The van der Waals surface area contributed by atoms with Gasteiger partial charge >= 0.3 is 0 Å². The molecule has 0 spiro atoms. The van der Waals surface area contributed by atoms with Gasteiger partial charge in [-0.2, -0.15) is 5.26 Å². The Bertz CT molecular complexity index is 313. The number of nitrogens with zero attached hydrogens (tertiary/aromatic N) is 2. The van der Waals surface area contributed by atoms with Gasteiger partial charge in [0.2, 0.25) is 5.91 Å². The summed E-state index contributed by atoms with van der Waals surface area (Å²) in [5.41, 5.74) is -0.763. The molecule has 1 heterocycles. The molecule has 0 saturated carbocycles. The highest BCUT2D eigenvalue weighted by Gasteiger charge is 2.40. The highest BCUT2D eigenvalue weighted by atomic mass is 16.2. The van der Waals surface area contributed by atoms with Gasteiger partial charge in [0.25, 0.3) is 0 Å². The number of piperidine rings is 1. The fourth-order valence-electron chi connectivity index (χ4n) is 3.03. The van der Waals surface area contributed by atoms with E-state index in [-0.39, 0.29) is 5.91 Å². The minimum Gasteiger partial charge on any atom is -0.341 e. The zero-order chi connectivity index (χ0) is 13.6. The second kappa shape index (κ2) is 6.78. The predicted molar refractivity (Wildman–Crippen MR) is 72.8 cm³/mol. The minimum atomic E-state index is -0.763. The Morgan fingerprint density at radius 3 is 2.44 bits per heavy atom. The number of nitriles is 1. The molecule has 1 aliphatic rings. The van der Waals surface area contributed by atoms with Crippen LogP contribution in [0.1, 0.15) is 59.3 Å². The molecule has 0 N–H and O–H groups in total. The van der Waals surface area contributed by atoms with Crippen LogP contribution in [0, 0.1) is 22.7 Å². The lowest BCUT2D eigenvalue weighted by Crippen LogP contribution is -2.47. The van der Waals surface area contributed by atoms with E-state index in [4.69, 9.17) is 0 Å². The van der Waals surface area contributed by atoms with Gasteiger partial charge in [-0.15, -0.1) is 0 Å². The second-order valence-electron chi connectivity index (χ2n) is 5.69. The van der Waals surface area contributed by atoms with Crippen molar-refractivity contribution in [1.82, 2.24) is 4.90 Å². The number of hydrogen-bond acceptors (Lipinski definition) is 2. The second-order valence-corrected chi connectivity index (χ2v) is 5.69. The van der Waals surface area contributed by atoms with E-state index in [9.17, 15) is 10.1 Å². The first-order valence-corrected chi connectivity index (χ1v) is 7.30. The van der Waals surface area contributed by atoms with Crippen molar-refractivity contribution >= 4 is 5.91 Å². The average Bonchev–Trinajstić information content (AvgIpc) is 2.37. The molecule has 102 valence electrons. The van der Waals surface area contributed by atoms with Crippen LogP contribution in [0.4, 0.5) is 0 Å². The van der Waals surface area contributed by atoms with Gasteiger partial charge in [-0.05, 0) is 31.6 Å². The molecule has 0 bridgehead atoms. The van der Waals surface area contributed by atoms with Crippen LogP contribution in [0.5, 0.6) is 0 Å². The number of rotatable bonds is 5. The molecule has 3 heteroatoms. The third-order valence-corrected chi connectivity index (χ3v) is 3.92. The topological polar surface area (TPSA) is 44.1 Å². The molecular weight excluding hydrogens is 224 g/mol. The molecule has 3 nitrogen and oxygen atoms in total. The normalized spacial score (nSPS) is 20.6. The predicted octanol–water partition coefficient (Wildman–Crippen LogP) is 3.36. The van der Waals surface area contributed by atoms with Crippen LogP contribution in [0.15, 0.2) is 0 Å². The lowest BCUT2D eigenvalue weighted by atomic mass is 9.78. The quantitative estimate of drug-likeness (QED) is 0.751. The zero-order valence-electron chi connectivity index (χ0n) is 12.0. The summed E-state index contributed by atoms with van der Waals surface area (Å²) in [5, 5.41) is 9.51. The lowest BCUT2D eigenvalue weighted by molar-refractivity contribution is -0.141. The zero-order valence-corrected chi connectivity index (χ0v) is 12.0. The SMILES string of the molecule is CCCC(C#N)(CCC)C(=O)N1CCCC(C)C1. The van der Waals surface area contributed by atoms with Gasteiger partial charge in [-0.25, -0.2) is 0 Å². The third-order valence-electron chi connectivity index (χ3n) is 3.92. The van der Waals surface area contributed by atoms with Gasteiger partial charge in [0.05, 0.1) is 6.07 Å². The molecule has 1 atom stereocenters. The molecule has 0 aromatic carbocycles. The van der Waals surface area contributed by atoms with Crippen molar-refractivity contribution in [1.29, 1.82) is 5.26 Å². The summed E-state index contributed by atoms with van der Waals surface area (Å²) in [6.07, 6.45) is 5.45. The lowest BCUT2D eigenvalue weighted by Gasteiger charge is -2.36. The Hall–Kier alpha value is -1.04. The van der Waals surface area contributed by atoms with Gasteiger partial charge in [0, 0.05) is 13.1 Å². The van der Waals surface area contributed by atoms with E-state index in [1.165, 1.54) is 6.42 Å². The number of hydrogen-bond donors (Lipinski definition) is 0. The minimum absolute atomic E-state index is 0.0836. The summed E-state index contributed by atoms with van der Waals surface area (Å²) in [4.78, 5) is 14.6. The smallest absolute Gasteiger partial charge is 0.243 e. The monoisotopic (exact) mass is 250 g/mol. The standard InChI is InChI=1S/C15H26N2O/c1-4-8-15(12-16,9-5-2)14(18)17-10-6-7-13(3)11-17/h13H,4-11H2,1-3H3. The Morgan fingerprint density at radius 2 is 2.00 bits per heavy atom. The summed E-state index contributed by atoms with van der Waals surface area (Å²) >= 11 is 0. The Morgan fingerprint density at radius 1 is 1.39 bits per heavy atom. The van der Waals surface area contributed by atoms with Crippen molar-refractivity contribution in [2.45, 2.75) is 59.3 Å². The summed E-state index contributed by atoms with van der Waals surface area (Å²) in [6.45, 7) is 7.95. The molecule has 0 aromatic rings. The highest BCUT2D eigenvalue weighted by Crippen LogP contribution is 2.33. The fraction of sp³-hybridized carbons (Fsp3) is 0.867. The van der Waals surface area contributed by atoms with E-state index in [0.717, 1.165) is 32.4 Å². The van der Waals surface area contributed by atoms with E-state index in [0.29, 0.717) is 18.8 Å². The Kier molecular flexibility index (Phi) is 5.65. The van der Waals surface area contributed by atoms with Crippen LogP contribution >= 0.6 is 0 Å². The van der Waals surface area contributed by atoms with Gasteiger partial charge < -0.3 is 4.90 Å². The molecular formula is C15H26N2O. The van der Waals surface area contributed by atoms with Crippen molar-refractivity contribution in [3.63, 3.8) is 0 Å². The maximum atomic E-state index is 12.7. The molecule has 0 radical (unpaired) electrons. The largest absolute Gasteiger partial charge is 0.341 e. The highest BCUT2D eigenvalue weighted by molar-refractivity contribution is 5.85. The van der Waals surface area contributed by atoms with E-state index in [1.807, 2.05) is 18.7 Å². The maximum Gasteiger partial charge on any atom is 0.243 e. The first kappa shape index (κ1) is 15.0. The van der Waals surface area contributed by atoms with Crippen LogP contribution in [-0.2, 0) is 4.79 Å². The summed E-state index contributed by atoms with van der Waals surface area (Å²) in [5.74, 6) is 0.655. The van der Waals surface area contributed by atoms with Crippen molar-refractivity contribution in [3.05, 3.63) is 0 Å². The van der Waals surface area contributed by atoms with Crippen molar-refractivity contribution < 1.29 is 4.79 Å². The van der Waals surface area contributed by atoms with Crippen LogP contribution in [0.2, 0.25) is 0 Å². The van der Waals surface area contributed by atoms with Gasteiger partial charge in [0.1, 0.15) is 5.41 Å². The van der Waals surface area contributed by atoms with Gasteiger partial charge in [0.15, 0.2) is 0 Å². The van der Waals surface area contributed by atoms with Crippen LogP contribution in [0.3, 0.4) is 0 Å². The third kappa shape index (κ3) is 3.25. The van der Waals surface area contributed by atoms with Crippen LogP contribution < -0.4 is 0 Å². The molecule has 1 fully saturated rings. The van der Waals surface area contributed by atoms with E-state index >= 15 is 0 Å². The molecule has 1 saturated heterocycles. The van der Waals surface area contributed by atoms with Gasteiger partial charge in [-0.1, -0.05) is 33.6 Å². The average molecular weight is 250 g/mol. The Labute approximate surface area is 111 Å². The van der Waals surface area contributed by atoms with Crippen molar-refractivity contribution in [2.75, 3.05) is 13.1 Å². The first-order valence-electron chi connectivity index (χ1n) is 7.30. The maximum absolute atomic E-state index is 12.7. The fourth-order valence-corrected chi connectivity index (χ4v) is 3.03. The van der Waals surface area contributed by atoms with Crippen molar-refractivity contribution in [2.24, 2.45) is 11.3 Å². The number of carbonyl (C=O) groups is 1. The van der Waals surface area contributed by atoms with Gasteiger partial charge in [-0.3, -0.25) is 4.79 Å². The molecule has 1 unspecified atom stereocenters. The first-order chi connectivity index (χ1) is 8.59. The molecule has 1 rings (SSSR count). The van der Waals surface area contributed by atoms with Crippen LogP contribution in [0.25, 0.3) is 0 Å². The molecule has 18 heavy (non-hydrogen) atoms. The van der Waals surface area contributed by atoms with E-state index < -0.39 is 5.41 Å².